The molecule has 1 atom stereocenters. The largest absolute Gasteiger partial charge is 0.341 e. The standard InChI is InChI=1S/C10H13N5S/c1-2-7(11-3-1)4-16-10-8-9(13-5-12-8)14-6-15-10/h5-7,11H,1-4H2,(H,12,13,14,15). The Morgan fingerprint density at radius 1 is 1.38 bits per heavy atom. The van der Waals surface area contributed by atoms with Gasteiger partial charge < -0.3 is 10.3 Å². The van der Waals surface area contributed by atoms with E-state index in [1.54, 1.807) is 24.4 Å². The van der Waals surface area contributed by atoms with Crippen molar-refractivity contribution in [1.29, 1.82) is 0 Å². The monoisotopic (exact) mass is 235 g/mol. The average molecular weight is 235 g/mol. The van der Waals surface area contributed by atoms with Gasteiger partial charge in [0.2, 0.25) is 0 Å². The van der Waals surface area contributed by atoms with Crippen LogP contribution in [-0.4, -0.2) is 38.3 Å². The second-order valence-electron chi connectivity index (χ2n) is 3.88. The number of nitrogens with one attached hydrogen (secondary N) is 2. The highest BCUT2D eigenvalue weighted by molar-refractivity contribution is 7.99. The lowest BCUT2D eigenvalue weighted by Gasteiger charge is -2.08. The van der Waals surface area contributed by atoms with Crippen molar-refractivity contribution in [1.82, 2.24) is 25.3 Å². The van der Waals surface area contributed by atoms with E-state index < -0.39 is 0 Å². The Morgan fingerprint density at radius 2 is 2.38 bits per heavy atom. The van der Waals surface area contributed by atoms with E-state index in [-0.39, 0.29) is 0 Å². The molecule has 2 aromatic heterocycles. The van der Waals surface area contributed by atoms with Gasteiger partial charge in [0.15, 0.2) is 5.65 Å². The molecule has 0 amide bonds. The van der Waals surface area contributed by atoms with Crippen LogP contribution in [0.4, 0.5) is 0 Å². The minimum atomic E-state index is 0.623. The lowest BCUT2D eigenvalue weighted by molar-refractivity contribution is 0.673. The van der Waals surface area contributed by atoms with Gasteiger partial charge in [0.1, 0.15) is 16.9 Å². The van der Waals surface area contributed by atoms with Crippen LogP contribution in [0.3, 0.4) is 0 Å². The predicted molar refractivity (Wildman–Crippen MR) is 63.4 cm³/mol. The summed E-state index contributed by atoms with van der Waals surface area (Å²) < 4.78 is 0. The highest BCUT2D eigenvalue weighted by Crippen LogP contribution is 2.23. The third-order valence-corrected chi connectivity index (χ3v) is 3.92. The first kappa shape index (κ1) is 10.0. The molecule has 0 spiro atoms. The molecule has 16 heavy (non-hydrogen) atoms. The number of rotatable bonds is 3. The van der Waals surface area contributed by atoms with Gasteiger partial charge in [0.25, 0.3) is 0 Å². The van der Waals surface area contributed by atoms with Crippen molar-refractivity contribution in [2.45, 2.75) is 23.9 Å². The number of aromatic amines is 1. The predicted octanol–water partition coefficient (Wildman–Crippen LogP) is 1.20. The molecule has 1 aliphatic heterocycles. The highest BCUT2D eigenvalue weighted by atomic mass is 32.2. The molecule has 84 valence electrons. The van der Waals surface area contributed by atoms with Crippen molar-refractivity contribution in [2.75, 3.05) is 12.3 Å². The first-order valence-corrected chi connectivity index (χ1v) is 6.42. The first-order valence-electron chi connectivity index (χ1n) is 5.44. The van der Waals surface area contributed by atoms with Gasteiger partial charge in [0, 0.05) is 11.8 Å². The van der Waals surface area contributed by atoms with Crippen molar-refractivity contribution < 1.29 is 0 Å². The Balaban J connectivity index is 1.75. The summed E-state index contributed by atoms with van der Waals surface area (Å²) in [6.45, 7) is 1.15. The number of hydrogen-bond acceptors (Lipinski definition) is 5. The summed E-state index contributed by atoms with van der Waals surface area (Å²) in [6, 6.07) is 0.623. The summed E-state index contributed by atoms with van der Waals surface area (Å²) in [5.74, 6) is 1.06. The Hall–Kier alpha value is -1.14. The maximum atomic E-state index is 4.29. The molecule has 1 saturated heterocycles. The lowest BCUT2D eigenvalue weighted by Crippen LogP contribution is -2.23. The summed E-state index contributed by atoms with van der Waals surface area (Å²) in [6.07, 6.45) is 5.80. The van der Waals surface area contributed by atoms with Gasteiger partial charge in [0.05, 0.1) is 6.33 Å². The lowest BCUT2D eigenvalue weighted by atomic mass is 10.3. The normalized spacial score (nSPS) is 20.6. The molecular weight excluding hydrogens is 222 g/mol. The van der Waals surface area contributed by atoms with Crippen molar-refractivity contribution >= 4 is 22.9 Å². The summed E-state index contributed by atoms with van der Waals surface area (Å²) >= 11 is 1.77. The zero-order valence-electron chi connectivity index (χ0n) is 8.81. The molecule has 0 radical (unpaired) electrons. The van der Waals surface area contributed by atoms with Gasteiger partial charge >= 0.3 is 0 Å². The molecule has 0 aliphatic carbocycles. The van der Waals surface area contributed by atoms with E-state index >= 15 is 0 Å². The van der Waals surface area contributed by atoms with Crippen molar-refractivity contribution in [2.24, 2.45) is 0 Å². The maximum Gasteiger partial charge on any atom is 0.181 e. The van der Waals surface area contributed by atoms with Gasteiger partial charge in [-0.1, -0.05) is 0 Å². The number of H-pyrrole nitrogens is 1. The van der Waals surface area contributed by atoms with E-state index in [1.807, 2.05) is 0 Å². The summed E-state index contributed by atoms with van der Waals surface area (Å²) in [5, 5.41) is 4.48. The molecule has 1 aliphatic rings. The van der Waals surface area contributed by atoms with E-state index in [1.165, 1.54) is 12.8 Å². The highest BCUT2D eigenvalue weighted by Gasteiger charge is 2.15. The van der Waals surface area contributed by atoms with Crippen LogP contribution in [0.15, 0.2) is 17.7 Å². The van der Waals surface area contributed by atoms with Crippen molar-refractivity contribution in [3.63, 3.8) is 0 Å². The molecular formula is C10H13N5S. The van der Waals surface area contributed by atoms with Crippen LogP contribution in [0.25, 0.3) is 11.2 Å². The second-order valence-corrected chi connectivity index (χ2v) is 4.89. The average Bonchev–Trinajstić information content (AvgIpc) is 2.97. The van der Waals surface area contributed by atoms with Crippen LogP contribution in [0.1, 0.15) is 12.8 Å². The zero-order valence-corrected chi connectivity index (χ0v) is 9.63. The molecule has 2 aromatic rings. The molecule has 0 bridgehead atoms. The molecule has 6 heteroatoms. The third kappa shape index (κ3) is 1.90. The molecule has 0 aromatic carbocycles. The molecule has 2 N–H and O–H groups in total. The Labute approximate surface area is 97.5 Å². The minimum absolute atomic E-state index is 0.623. The number of nitrogens with zero attached hydrogens (tertiary/aromatic N) is 3. The quantitative estimate of drug-likeness (QED) is 0.618. The number of hydrogen-bond donors (Lipinski definition) is 2. The van der Waals surface area contributed by atoms with Crippen LogP contribution in [0, 0.1) is 0 Å². The fourth-order valence-corrected chi connectivity index (χ4v) is 2.99. The maximum absolute atomic E-state index is 4.29. The van der Waals surface area contributed by atoms with E-state index in [0.29, 0.717) is 6.04 Å². The van der Waals surface area contributed by atoms with E-state index in [2.05, 4.69) is 25.3 Å². The summed E-state index contributed by atoms with van der Waals surface area (Å²) in [5.41, 5.74) is 1.70. The van der Waals surface area contributed by atoms with Gasteiger partial charge in [-0.05, 0) is 19.4 Å². The Morgan fingerprint density at radius 3 is 3.25 bits per heavy atom. The van der Waals surface area contributed by atoms with E-state index in [4.69, 9.17) is 0 Å². The molecule has 1 unspecified atom stereocenters. The first-order chi connectivity index (χ1) is 7.93. The van der Waals surface area contributed by atoms with Crippen molar-refractivity contribution in [3.05, 3.63) is 12.7 Å². The molecule has 0 saturated carbocycles. The summed E-state index contributed by atoms with van der Waals surface area (Å²) in [7, 11) is 0. The van der Waals surface area contributed by atoms with Gasteiger partial charge in [-0.15, -0.1) is 11.8 Å². The number of thioether (sulfide) groups is 1. The van der Waals surface area contributed by atoms with Gasteiger partial charge in [-0.25, -0.2) is 15.0 Å². The van der Waals surface area contributed by atoms with Crippen molar-refractivity contribution in [3.8, 4) is 0 Å². The van der Waals surface area contributed by atoms with Crippen LogP contribution in [0.2, 0.25) is 0 Å². The van der Waals surface area contributed by atoms with Gasteiger partial charge in [-0.3, -0.25) is 0 Å². The number of fused-ring (bicyclic) bond motifs is 1. The molecule has 1 fully saturated rings. The molecule has 3 rings (SSSR count). The SMILES string of the molecule is c1nc(SCC2CCCN2)c2[nH]cnc2n1. The second kappa shape index (κ2) is 4.39. The smallest absolute Gasteiger partial charge is 0.181 e. The van der Waals surface area contributed by atoms with Crippen LogP contribution >= 0.6 is 11.8 Å². The van der Waals surface area contributed by atoms with Crippen LogP contribution < -0.4 is 5.32 Å². The van der Waals surface area contributed by atoms with Crippen LogP contribution in [-0.2, 0) is 0 Å². The zero-order chi connectivity index (χ0) is 10.8. The van der Waals surface area contributed by atoms with E-state index in [9.17, 15) is 0 Å². The number of imidazole rings is 1. The molecule has 3 heterocycles. The third-order valence-electron chi connectivity index (χ3n) is 2.77. The fourth-order valence-electron chi connectivity index (χ4n) is 1.93. The minimum Gasteiger partial charge on any atom is -0.341 e. The number of aromatic nitrogens is 4. The topological polar surface area (TPSA) is 66.5 Å². The van der Waals surface area contributed by atoms with E-state index in [0.717, 1.165) is 28.5 Å². The Kier molecular flexibility index (Phi) is 2.75. The fraction of sp³-hybridized carbons (Fsp3) is 0.500. The summed E-state index contributed by atoms with van der Waals surface area (Å²) in [4.78, 5) is 15.6. The van der Waals surface area contributed by atoms with Crippen LogP contribution in [0.5, 0.6) is 0 Å². The molecule has 5 nitrogen and oxygen atoms in total. The Bertz CT molecular complexity index is 477. The van der Waals surface area contributed by atoms with Gasteiger partial charge in [-0.2, -0.15) is 0 Å².